The summed E-state index contributed by atoms with van der Waals surface area (Å²) in [6, 6.07) is 1.80. The zero-order chi connectivity index (χ0) is 13.3. The fourth-order valence-electron chi connectivity index (χ4n) is 3.44. The molecule has 0 unspecified atom stereocenters. The molecule has 3 nitrogen and oxygen atoms in total. The van der Waals surface area contributed by atoms with Gasteiger partial charge in [0.1, 0.15) is 5.82 Å². The van der Waals surface area contributed by atoms with Crippen LogP contribution in [-0.4, -0.2) is 30.2 Å². The number of halogens is 2. The Labute approximate surface area is 124 Å². The number of anilines is 1. The molecule has 2 aliphatic rings. The Morgan fingerprint density at radius 1 is 1.21 bits per heavy atom. The first-order valence-corrected chi connectivity index (χ1v) is 7.76. The van der Waals surface area contributed by atoms with Gasteiger partial charge in [0.25, 0.3) is 0 Å². The van der Waals surface area contributed by atoms with Gasteiger partial charge in [0.05, 0.1) is 15.6 Å². The van der Waals surface area contributed by atoms with E-state index in [1.54, 1.807) is 12.3 Å². The Morgan fingerprint density at radius 2 is 2.00 bits per heavy atom. The van der Waals surface area contributed by atoms with Crippen LogP contribution in [0.25, 0.3) is 0 Å². The van der Waals surface area contributed by atoms with Crippen LogP contribution >= 0.6 is 23.2 Å². The molecule has 0 atom stereocenters. The van der Waals surface area contributed by atoms with Crippen molar-refractivity contribution in [2.75, 3.05) is 24.5 Å². The van der Waals surface area contributed by atoms with E-state index in [1.165, 1.54) is 32.1 Å². The number of hydrogen-bond donors (Lipinski definition) is 1. The Kier molecular flexibility index (Phi) is 3.88. The lowest BCUT2D eigenvalue weighted by molar-refractivity contribution is 0.240. The van der Waals surface area contributed by atoms with E-state index in [-0.39, 0.29) is 5.54 Å². The van der Waals surface area contributed by atoms with Crippen molar-refractivity contribution in [3.05, 3.63) is 22.3 Å². The number of nitrogens with zero attached hydrogens (tertiary/aromatic N) is 2. The number of aromatic nitrogens is 1. The molecule has 1 N–H and O–H groups in total. The van der Waals surface area contributed by atoms with Gasteiger partial charge < -0.3 is 10.2 Å². The third kappa shape index (κ3) is 2.56. The molecule has 1 saturated carbocycles. The van der Waals surface area contributed by atoms with Crippen molar-refractivity contribution < 1.29 is 0 Å². The number of piperazine rings is 1. The summed E-state index contributed by atoms with van der Waals surface area (Å²) in [4.78, 5) is 6.90. The second-order valence-corrected chi connectivity index (χ2v) is 6.42. The summed E-state index contributed by atoms with van der Waals surface area (Å²) in [5.74, 6) is 0.898. The number of nitrogens with one attached hydrogen (secondary N) is 1. The SMILES string of the molecule is Clc1cnc(N2CCNCC23CCCCC3)c(Cl)c1. The molecule has 1 spiro atoms. The highest BCUT2D eigenvalue weighted by Gasteiger charge is 2.41. The van der Waals surface area contributed by atoms with E-state index in [9.17, 15) is 0 Å². The van der Waals surface area contributed by atoms with Gasteiger partial charge in [0, 0.05) is 25.8 Å². The summed E-state index contributed by atoms with van der Waals surface area (Å²) in [7, 11) is 0. The van der Waals surface area contributed by atoms with E-state index < -0.39 is 0 Å². The molecule has 0 aromatic carbocycles. The van der Waals surface area contributed by atoms with Crippen molar-refractivity contribution in [2.45, 2.75) is 37.6 Å². The first kappa shape index (κ1) is 13.5. The average Bonchev–Trinajstić information content (AvgIpc) is 2.41. The fourth-order valence-corrected chi connectivity index (χ4v) is 3.92. The van der Waals surface area contributed by atoms with E-state index in [0.717, 1.165) is 25.5 Å². The third-order valence-corrected chi connectivity index (χ3v) is 4.85. The van der Waals surface area contributed by atoms with Crippen molar-refractivity contribution in [2.24, 2.45) is 0 Å². The molecular weight excluding hydrogens is 281 g/mol. The largest absolute Gasteiger partial charge is 0.347 e. The number of rotatable bonds is 1. The minimum Gasteiger partial charge on any atom is -0.347 e. The zero-order valence-electron chi connectivity index (χ0n) is 11.0. The molecule has 2 fully saturated rings. The highest BCUT2D eigenvalue weighted by molar-refractivity contribution is 6.36. The lowest BCUT2D eigenvalue weighted by atomic mass is 9.79. The van der Waals surface area contributed by atoms with Crippen LogP contribution in [0.5, 0.6) is 0 Å². The zero-order valence-corrected chi connectivity index (χ0v) is 12.5. The number of pyridine rings is 1. The smallest absolute Gasteiger partial charge is 0.148 e. The van der Waals surface area contributed by atoms with Gasteiger partial charge in [0.15, 0.2) is 0 Å². The van der Waals surface area contributed by atoms with Gasteiger partial charge in [-0.05, 0) is 18.9 Å². The predicted molar refractivity (Wildman–Crippen MR) is 80.3 cm³/mol. The number of hydrogen-bond acceptors (Lipinski definition) is 3. The molecule has 3 rings (SSSR count). The van der Waals surface area contributed by atoms with Gasteiger partial charge in [-0.2, -0.15) is 0 Å². The van der Waals surface area contributed by atoms with Crippen LogP contribution in [0.15, 0.2) is 12.3 Å². The molecule has 0 bridgehead atoms. The van der Waals surface area contributed by atoms with Crippen LogP contribution in [0.2, 0.25) is 10.0 Å². The van der Waals surface area contributed by atoms with Gasteiger partial charge in [-0.1, -0.05) is 42.5 Å². The highest BCUT2D eigenvalue weighted by Crippen LogP contribution is 2.39. The van der Waals surface area contributed by atoms with Crippen LogP contribution in [-0.2, 0) is 0 Å². The van der Waals surface area contributed by atoms with E-state index in [0.29, 0.717) is 10.0 Å². The van der Waals surface area contributed by atoms with Crippen LogP contribution in [0, 0.1) is 0 Å². The van der Waals surface area contributed by atoms with Crippen molar-refractivity contribution in [1.82, 2.24) is 10.3 Å². The third-order valence-electron chi connectivity index (χ3n) is 4.37. The van der Waals surface area contributed by atoms with Crippen molar-refractivity contribution in [1.29, 1.82) is 0 Å². The molecule has 1 saturated heterocycles. The van der Waals surface area contributed by atoms with Gasteiger partial charge >= 0.3 is 0 Å². The molecular formula is C14H19Cl2N3. The normalized spacial score (nSPS) is 22.7. The van der Waals surface area contributed by atoms with Crippen LogP contribution in [0.1, 0.15) is 32.1 Å². The molecule has 1 aliphatic heterocycles. The maximum Gasteiger partial charge on any atom is 0.148 e. The van der Waals surface area contributed by atoms with E-state index in [1.807, 2.05) is 0 Å². The van der Waals surface area contributed by atoms with E-state index in [4.69, 9.17) is 23.2 Å². The monoisotopic (exact) mass is 299 g/mol. The summed E-state index contributed by atoms with van der Waals surface area (Å²) < 4.78 is 0. The second-order valence-electron chi connectivity index (χ2n) is 5.57. The molecule has 19 heavy (non-hydrogen) atoms. The molecule has 2 heterocycles. The van der Waals surface area contributed by atoms with Crippen molar-refractivity contribution in [3.8, 4) is 0 Å². The molecule has 1 aliphatic carbocycles. The molecule has 1 aromatic rings. The maximum absolute atomic E-state index is 6.36. The van der Waals surface area contributed by atoms with E-state index >= 15 is 0 Å². The van der Waals surface area contributed by atoms with Crippen LogP contribution in [0.3, 0.4) is 0 Å². The summed E-state index contributed by atoms with van der Waals surface area (Å²) in [5.41, 5.74) is 0.195. The standard InChI is InChI=1S/C14H19Cl2N3/c15-11-8-12(16)13(18-9-11)19-7-6-17-10-14(19)4-2-1-3-5-14/h8-9,17H,1-7,10H2. The lowest BCUT2D eigenvalue weighted by Gasteiger charge is -2.50. The minimum atomic E-state index is 0.195. The molecule has 0 radical (unpaired) electrons. The Balaban J connectivity index is 1.95. The second kappa shape index (κ2) is 5.47. The van der Waals surface area contributed by atoms with Gasteiger partial charge in [-0.15, -0.1) is 0 Å². The molecule has 0 amide bonds. The average molecular weight is 300 g/mol. The summed E-state index contributed by atoms with van der Waals surface area (Å²) in [5, 5.41) is 4.80. The molecule has 104 valence electrons. The fraction of sp³-hybridized carbons (Fsp3) is 0.643. The van der Waals surface area contributed by atoms with E-state index in [2.05, 4.69) is 15.2 Å². The summed E-state index contributed by atoms with van der Waals surface area (Å²) in [6.45, 7) is 2.99. The van der Waals surface area contributed by atoms with Gasteiger partial charge in [0.2, 0.25) is 0 Å². The summed E-state index contributed by atoms with van der Waals surface area (Å²) >= 11 is 12.3. The van der Waals surface area contributed by atoms with Crippen molar-refractivity contribution in [3.63, 3.8) is 0 Å². The molecule has 5 heteroatoms. The predicted octanol–water partition coefficient (Wildman–Crippen LogP) is 3.50. The topological polar surface area (TPSA) is 28.2 Å². The van der Waals surface area contributed by atoms with Gasteiger partial charge in [-0.3, -0.25) is 0 Å². The Morgan fingerprint density at radius 3 is 2.74 bits per heavy atom. The van der Waals surface area contributed by atoms with Crippen LogP contribution < -0.4 is 10.2 Å². The quantitative estimate of drug-likeness (QED) is 0.860. The maximum atomic E-state index is 6.36. The summed E-state index contributed by atoms with van der Waals surface area (Å²) in [6.07, 6.45) is 8.08. The van der Waals surface area contributed by atoms with Crippen molar-refractivity contribution >= 4 is 29.0 Å². The highest BCUT2D eigenvalue weighted by atomic mass is 35.5. The van der Waals surface area contributed by atoms with Crippen LogP contribution in [0.4, 0.5) is 5.82 Å². The molecule has 1 aromatic heterocycles. The first-order chi connectivity index (χ1) is 9.21. The minimum absolute atomic E-state index is 0.195. The Bertz CT molecular complexity index is 450. The lowest BCUT2D eigenvalue weighted by Crippen LogP contribution is -2.62. The Hall–Kier alpha value is -0.510. The first-order valence-electron chi connectivity index (χ1n) is 7.01. The van der Waals surface area contributed by atoms with Gasteiger partial charge in [-0.25, -0.2) is 4.98 Å².